The zero-order chi connectivity index (χ0) is 22.2. The van der Waals surface area contributed by atoms with Crippen LogP contribution in [-0.4, -0.2) is 54.8 Å². The predicted octanol–water partition coefficient (Wildman–Crippen LogP) is 3.01. The number of fused-ring (bicyclic) bond motifs is 1. The number of rotatable bonds is 5. The summed E-state index contributed by atoms with van der Waals surface area (Å²) >= 11 is 0. The zero-order valence-electron chi connectivity index (χ0n) is 18.2. The van der Waals surface area contributed by atoms with E-state index in [0.717, 1.165) is 39.0 Å². The van der Waals surface area contributed by atoms with Crippen LogP contribution < -0.4 is 15.8 Å². The molecule has 1 aromatic carbocycles. The number of benzene rings is 1. The Labute approximate surface area is 196 Å². The third-order valence-electron chi connectivity index (χ3n) is 6.03. The van der Waals surface area contributed by atoms with E-state index in [1.165, 1.54) is 18.5 Å². The van der Waals surface area contributed by atoms with Gasteiger partial charge in [-0.1, -0.05) is 0 Å². The summed E-state index contributed by atoms with van der Waals surface area (Å²) in [6.07, 6.45) is 6.33. The molecule has 1 amide bonds. The van der Waals surface area contributed by atoms with Crippen molar-refractivity contribution in [1.29, 1.82) is 0 Å². The molecule has 2 aromatic heterocycles. The Hall–Kier alpha value is -3.17. The molecule has 0 spiro atoms. The highest BCUT2D eigenvalue weighted by atomic mass is 35.5. The number of amides is 1. The van der Waals surface area contributed by atoms with Crippen LogP contribution in [0.4, 0.5) is 10.1 Å². The van der Waals surface area contributed by atoms with Gasteiger partial charge in [0.05, 0.1) is 23.7 Å². The summed E-state index contributed by atoms with van der Waals surface area (Å²) in [7, 11) is 2.05. The molecule has 0 bridgehead atoms. The van der Waals surface area contributed by atoms with E-state index < -0.39 is 17.2 Å². The van der Waals surface area contributed by atoms with Gasteiger partial charge in [-0.05, 0) is 44.2 Å². The summed E-state index contributed by atoms with van der Waals surface area (Å²) in [5, 5.41) is 4.05. The SMILES string of the molecule is CN1CCN(c2cc3c(cc2F)c(=O)c(C(=O)N/N=C\c2ccco2)cn3C2CC2)CC1.Cl. The second-order valence-corrected chi connectivity index (χ2v) is 8.34. The predicted molar refractivity (Wildman–Crippen MR) is 127 cm³/mol. The van der Waals surface area contributed by atoms with E-state index in [2.05, 4.69) is 15.4 Å². The first-order valence-corrected chi connectivity index (χ1v) is 10.7. The minimum absolute atomic E-state index is 0. The van der Waals surface area contributed by atoms with Gasteiger partial charge in [0.15, 0.2) is 0 Å². The fourth-order valence-corrected chi connectivity index (χ4v) is 4.04. The van der Waals surface area contributed by atoms with Gasteiger partial charge in [0.2, 0.25) is 5.43 Å². The third-order valence-corrected chi connectivity index (χ3v) is 6.03. The molecule has 10 heteroatoms. The van der Waals surface area contributed by atoms with E-state index in [0.29, 0.717) is 17.0 Å². The maximum atomic E-state index is 15.1. The summed E-state index contributed by atoms with van der Waals surface area (Å²) in [5.41, 5.74) is 2.95. The first kappa shape index (κ1) is 23.0. The highest BCUT2D eigenvalue weighted by Crippen LogP contribution is 2.38. The number of halogens is 2. The first-order valence-electron chi connectivity index (χ1n) is 10.7. The molecule has 174 valence electrons. The molecule has 0 radical (unpaired) electrons. The minimum Gasteiger partial charge on any atom is -0.463 e. The van der Waals surface area contributed by atoms with Crippen LogP contribution in [0.5, 0.6) is 0 Å². The highest BCUT2D eigenvalue weighted by molar-refractivity contribution is 5.98. The minimum atomic E-state index is -0.641. The Morgan fingerprint density at radius 3 is 2.67 bits per heavy atom. The standard InChI is InChI=1S/C23H24FN5O3.ClH/c1-27-6-8-28(9-7-27)21-12-20-17(11-19(21)24)22(30)18(14-29(20)15-4-5-15)23(31)26-25-13-16-3-2-10-32-16;/h2-3,10-15H,4-9H2,1H3,(H,26,31);1H/b25-13-;. The van der Waals surface area contributed by atoms with Gasteiger partial charge in [0.1, 0.15) is 17.1 Å². The van der Waals surface area contributed by atoms with E-state index in [9.17, 15) is 9.59 Å². The maximum Gasteiger partial charge on any atom is 0.276 e. The number of hydrogen-bond acceptors (Lipinski definition) is 6. The molecule has 1 saturated carbocycles. The molecule has 33 heavy (non-hydrogen) atoms. The molecule has 8 nitrogen and oxygen atoms in total. The number of anilines is 1. The lowest BCUT2D eigenvalue weighted by Gasteiger charge is -2.34. The van der Waals surface area contributed by atoms with E-state index >= 15 is 4.39 Å². The molecule has 5 rings (SSSR count). The molecule has 1 aliphatic heterocycles. The smallest absolute Gasteiger partial charge is 0.276 e. The van der Waals surface area contributed by atoms with Crippen LogP contribution >= 0.6 is 12.4 Å². The molecule has 3 aromatic rings. The number of piperazine rings is 1. The molecule has 1 N–H and O–H groups in total. The number of furan rings is 1. The van der Waals surface area contributed by atoms with Gasteiger partial charge in [-0.15, -0.1) is 12.4 Å². The largest absolute Gasteiger partial charge is 0.463 e. The lowest BCUT2D eigenvalue weighted by molar-refractivity contribution is 0.0953. The molecule has 2 aliphatic rings. The van der Waals surface area contributed by atoms with Gasteiger partial charge in [-0.25, -0.2) is 9.82 Å². The summed E-state index contributed by atoms with van der Waals surface area (Å²) in [5.74, 6) is -0.620. The number of pyridine rings is 1. The number of hydrogen-bond donors (Lipinski definition) is 1. The van der Waals surface area contributed by atoms with Crippen molar-refractivity contribution in [2.45, 2.75) is 18.9 Å². The van der Waals surface area contributed by atoms with E-state index in [-0.39, 0.29) is 29.4 Å². The highest BCUT2D eigenvalue weighted by Gasteiger charge is 2.28. The van der Waals surface area contributed by atoms with Crippen LogP contribution in [-0.2, 0) is 0 Å². The molecule has 3 heterocycles. The van der Waals surface area contributed by atoms with Crippen molar-refractivity contribution >= 4 is 41.1 Å². The number of carbonyl (C=O) groups is 1. The average Bonchev–Trinajstić information content (AvgIpc) is 3.50. The second kappa shape index (κ2) is 9.36. The third kappa shape index (κ3) is 4.65. The topological polar surface area (TPSA) is 83.1 Å². The number of aromatic nitrogens is 1. The quantitative estimate of drug-likeness (QED) is 0.455. The van der Waals surface area contributed by atoms with Gasteiger partial charge in [-0.2, -0.15) is 5.10 Å². The van der Waals surface area contributed by atoms with Gasteiger partial charge in [-0.3, -0.25) is 9.59 Å². The number of likely N-dealkylation sites (N-methyl/N-ethyl adjacent to an activating group) is 1. The van der Waals surface area contributed by atoms with Crippen molar-refractivity contribution in [3.05, 3.63) is 64.1 Å². The Morgan fingerprint density at radius 1 is 1.24 bits per heavy atom. The number of nitrogens with one attached hydrogen (secondary N) is 1. The van der Waals surface area contributed by atoms with Crippen LogP contribution in [0.1, 0.15) is 35.0 Å². The molecule has 1 aliphatic carbocycles. The van der Waals surface area contributed by atoms with Crippen LogP contribution in [0.25, 0.3) is 10.9 Å². The fraction of sp³-hybridized carbons (Fsp3) is 0.348. The van der Waals surface area contributed by atoms with Crippen molar-refractivity contribution < 1.29 is 13.6 Å². The number of nitrogens with zero attached hydrogens (tertiary/aromatic N) is 4. The van der Waals surface area contributed by atoms with E-state index in [1.807, 2.05) is 16.5 Å². The fourth-order valence-electron chi connectivity index (χ4n) is 4.04. The van der Waals surface area contributed by atoms with Gasteiger partial charge >= 0.3 is 0 Å². The number of hydrazone groups is 1. The molecule has 0 unspecified atom stereocenters. The molecular weight excluding hydrogens is 449 g/mol. The molecular formula is C23H25ClFN5O3. The first-order chi connectivity index (χ1) is 15.5. The molecule has 2 fully saturated rings. The summed E-state index contributed by atoms with van der Waals surface area (Å²) in [6.45, 7) is 3.15. The molecule has 1 saturated heterocycles. The maximum absolute atomic E-state index is 15.1. The van der Waals surface area contributed by atoms with Crippen molar-refractivity contribution in [2.24, 2.45) is 5.10 Å². The van der Waals surface area contributed by atoms with Gasteiger partial charge in [0, 0.05) is 43.8 Å². The Bertz CT molecular complexity index is 1250. The summed E-state index contributed by atoms with van der Waals surface area (Å²) < 4.78 is 22.1. The second-order valence-electron chi connectivity index (χ2n) is 8.34. The Kier molecular flexibility index (Phi) is 6.53. The van der Waals surface area contributed by atoms with Crippen LogP contribution in [0, 0.1) is 5.82 Å². The Morgan fingerprint density at radius 2 is 2.00 bits per heavy atom. The summed E-state index contributed by atoms with van der Waals surface area (Å²) in [4.78, 5) is 30.0. The van der Waals surface area contributed by atoms with Crippen LogP contribution in [0.2, 0.25) is 0 Å². The van der Waals surface area contributed by atoms with Crippen LogP contribution in [0.3, 0.4) is 0 Å². The number of carbonyl (C=O) groups excluding carboxylic acids is 1. The van der Waals surface area contributed by atoms with Gasteiger partial charge < -0.3 is 18.8 Å². The van der Waals surface area contributed by atoms with Crippen LogP contribution in [0.15, 0.2) is 51.0 Å². The molecule has 0 atom stereocenters. The van der Waals surface area contributed by atoms with Crippen molar-refractivity contribution in [3.63, 3.8) is 0 Å². The van der Waals surface area contributed by atoms with Gasteiger partial charge in [0.25, 0.3) is 5.91 Å². The van der Waals surface area contributed by atoms with Crippen molar-refractivity contribution in [3.8, 4) is 0 Å². The monoisotopic (exact) mass is 473 g/mol. The van der Waals surface area contributed by atoms with E-state index in [4.69, 9.17) is 4.42 Å². The van der Waals surface area contributed by atoms with E-state index in [1.54, 1.807) is 24.4 Å². The normalized spacial score (nSPS) is 16.8. The lowest BCUT2D eigenvalue weighted by atomic mass is 10.1. The van der Waals surface area contributed by atoms with Crippen molar-refractivity contribution in [2.75, 3.05) is 38.1 Å². The lowest BCUT2D eigenvalue weighted by Crippen LogP contribution is -2.44. The summed E-state index contributed by atoms with van der Waals surface area (Å²) in [6, 6.07) is 6.61. The average molecular weight is 474 g/mol. The Balaban J connectivity index is 0.00000259. The zero-order valence-corrected chi connectivity index (χ0v) is 19.0. The van der Waals surface area contributed by atoms with Crippen molar-refractivity contribution in [1.82, 2.24) is 14.9 Å².